The number of ether oxygens (including phenoxy) is 1. The zero-order valence-corrected chi connectivity index (χ0v) is 11.5. The van der Waals surface area contributed by atoms with E-state index >= 15 is 0 Å². The number of rotatable bonds is 9. The maximum atomic E-state index is 11.4. The van der Waals surface area contributed by atoms with Crippen molar-refractivity contribution in [3.05, 3.63) is 0 Å². The third-order valence-corrected chi connectivity index (χ3v) is 3.14. The van der Waals surface area contributed by atoms with Crippen LogP contribution in [-0.4, -0.2) is 17.4 Å². The van der Waals surface area contributed by atoms with Gasteiger partial charge in [-0.05, 0) is 12.8 Å². The van der Waals surface area contributed by atoms with Crippen LogP contribution in [0, 0.1) is 0 Å². The molecule has 2 nitrogen and oxygen atoms in total. The molecule has 0 spiro atoms. The van der Waals surface area contributed by atoms with E-state index in [9.17, 15) is 4.79 Å². The van der Waals surface area contributed by atoms with Gasteiger partial charge in [-0.15, -0.1) is 0 Å². The number of alkyl halides is 1. The van der Waals surface area contributed by atoms with Gasteiger partial charge in [0, 0.05) is 0 Å². The average molecular weight is 279 g/mol. The van der Waals surface area contributed by atoms with E-state index in [1.165, 1.54) is 12.8 Å². The first-order chi connectivity index (χ1) is 7.22. The Labute approximate surface area is 102 Å². The summed E-state index contributed by atoms with van der Waals surface area (Å²) in [6.45, 7) is 4.87. The van der Waals surface area contributed by atoms with Gasteiger partial charge in [-0.25, -0.2) is 0 Å². The molecular weight excluding hydrogens is 256 g/mol. The molecule has 0 aromatic rings. The Morgan fingerprint density at radius 2 is 1.80 bits per heavy atom. The van der Waals surface area contributed by atoms with E-state index < -0.39 is 0 Å². The molecule has 0 amide bonds. The fraction of sp³-hybridized carbons (Fsp3) is 0.917. The largest absolute Gasteiger partial charge is 0.465 e. The Balaban J connectivity index is 3.38. The first kappa shape index (κ1) is 14.9. The van der Waals surface area contributed by atoms with E-state index in [2.05, 4.69) is 29.8 Å². The van der Waals surface area contributed by atoms with Crippen LogP contribution in [0.5, 0.6) is 0 Å². The molecule has 0 fully saturated rings. The molecular formula is C12H23BrO2. The molecule has 0 aromatic heterocycles. The van der Waals surface area contributed by atoms with Gasteiger partial charge in [-0.1, -0.05) is 61.9 Å². The molecule has 1 unspecified atom stereocenters. The zero-order chi connectivity index (χ0) is 11.5. The maximum absolute atomic E-state index is 11.4. The number of esters is 1. The molecule has 0 radical (unpaired) electrons. The Morgan fingerprint density at radius 3 is 2.40 bits per heavy atom. The fourth-order valence-electron chi connectivity index (χ4n) is 1.29. The smallest absolute Gasteiger partial charge is 0.319 e. The first-order valence-electron chi connectivity index (χ1n) is 6.03. The van der Waals surface area contributed by atoms with Crippen molar-refractivity contribution in [1.82, 2.24) is 0 Å². The molecule has 0 saturated carbocycles. The molecule has 0 heterocycles. The second-order valence-electron chi connectivity index (χ2n) is 3.84. The average Bonchev–Trinajstić information content (AvgIpc) is 2.25. The lowest BCUT2D eigenvalue weighted by molar-refractivity contribution is -0.143. The second kappa shape index (κ2) is 10.5. The van der Waals surface area contributed by atoms with Crippen molar-refractivity contribution in [1.29, 1.82) is 0 Å². The topological polar surface area (TPSA) is 26.3 Å². The predicted octanol–water partition coefficient (Wildman–Crippen LogP) is 4.06. The molecule has 0 rings (SSSR count). The van der Waals surface area contributed by atoms with Gasteiger partial charge in [0.1, 0.15) is 4.83 Å². The van der Waals surface area contributed by atoms with E-state index in [0.29, 0.717) is 6.61 Å². The lowest BCUT2D eigenvalue weighted by Gasteiger charge is -2.09. The zero-order valence-electron chi connectivity index (χ0n) is 9.93. The van der Waals surface area contributed by atoms with Crippen LogP contribution in [0.25, 0.3) is 0 Å². The molecule has 0 aliphatic carbocycles. The van der Waals surface area contributed by atoms with Crippen molar-refractivity contribution < 1.29 is 9.53 Å². The summed E-state index contributed by atoms with van der Waals surface area (Å²) in [4.78, 5) is 11.3. The lowest BCUT2D eigenvalue weighted by Crippen LogP contribution is -2.17. The number of halogens is 1. The number of hydrogen-bond acceptors (Lipinski definition) is 2. The number of carbonyl (C=O) groups excluding carboxylic acids is 1. The van der Waals surface area contributed by atoms with Crippen molar-refractivity contribution in [2.75, 3.05) is 6.61 Å². The van der Waals surface area contributed by atoms with Crippen LogP contribution in [0.2, 0.25) is 0 Å². The molecule has 0 aliphatic heterocycles. The van der Waals surface area contributed by atoms with Crippen LogP contribution in [0.4, 0.5) is 0 Å². The van der Waals surface area contributed by atoms with Gasteiger partial charge in [0.25, 0.3) is 0 Å². The van der Waals surface area contributed by atoms with Gasteiger partial charge >= 0.3 is 5.97 Å². The van der Waals surface area contributed by atoms with Crippen LogP contribution < -0.4 is 0 Å². The van der Waals surface area contributed by atoms with Crippen molar-refractivity contribution in [2.45, 2.75) is 63.6 Å². The normalized spacial score (nSPS) is 12.5. The SMILES string of the molecule is CCCCCCOC(=O)C(Br)CCCC. The highest BCUT2D eigenvalue weighted by atomic mass is 79.9. The summed E-state index contributed by atoms with van der Waals surface area (Å²) in [7, 11) is 0. The first-order valence-corrected chi connectivity index (χ1v) is 6.94. The Bertz CT molecular complexity index is 160. The molecule has 15 heavy (non-hydrogen) atoms. The van der Waals surface area contributed by atoms with E-state index in [1.54, 1.807) is 0 Å². The van der Waals surface area contributed by atoms with Crippen molar-refractivity contribution in [2.24, 2.45) is 0 Å². The molecule has 0 aromatic carbocycles. The van der Waals surface area contributed by atoms with Crippen molar-refractivity contribution in [3.8, 4) is 0 Å². The highest BCUT2D eigenvalue weighted by molar-refractivity contribution is 9.10. The Kier molecular flexibility index (Phi) is 10.4. The summed E-state index contributed by atoms with van der Waals surface area (Å²) >= 11 is 3.35. The van der Waals surface area contributed by atoms with E-state index in [1.807, 2.05) is 0 Å². The quantitative estimate of drug-likeness (QED) is 0.361. The predicted molar refractivity (Wildman–Crippen MR) is 67.3 cm³/mol. The van der Waals surface area contributed by atoms with Gasteiger partial charge in [0.15, 0.2) is 0 Å². The van der Waals surface area contributed by atoms with Crippen LogP contribution >= 0.6 is 15.9 Å². The second-order valence-corrected chi connectivity index (χ2v) is 4.94. The highest BCUT2D eigenvalue weighted by Crippen LogP contribution is 2.12. The summed E-state index contributed by atoms with van der Waals surface area (Å²) in [5, 5.41) is 0. The fourth-order valence-corrected chi connectivity index (χ4v) is 1.75. The van der Waals surface area contributed by atoms with Gasteiger partial charge in [-0.3, -0.25) is 4.79 Å². The monoisotopic (exact) mass is 278 g/mol. The molecule has 1 atom stereocenters. The Hall–Kier alpha value is -0.0500. The van der Waals surface area contributed by atoms with Gasteiger partial charge < -0.3 is 4.74 Å². The molecule has 3 heteroatoms. The minimum atomic E-state index is -0.108. The molecule has 90 valence electrons. The summed E-state index contributed by atoms with van der Waals surface area (Å²) in [5.41, 5.74) is 0. The van der Waals surface area contributed by atoms with Gasteiger partial charge in [0.2, 0.25) is 0 Å². The lowest BCUT2D eigenvalue weighted by atomic mass is 10.2. The third-order valence-electron chi connectivity index (χ3n) is 2.31. The molecule has 0 N–H and O–H groups in total. The molecule has 0 bridgehead atoms. The van der Waals surface area contributed by atoms with E-state index in [0.717, 1.165) is 32.1 Å². The standard InChI is InChI=1S/C12H23BrO2/c1-3-5-7-8-10-15-12(14)11(13)9-6-4-2/h11H,3-10H2,1-2H3. The van der Waals surface area contributed by atoms with Crippen LogP contribution in [0.3, 0.4) is 0 Å². The summed E-state index contributed by atoms with van der Waals surface area (Å²) in [6.07, 6.45) is 7.66. The van der Waals surface area contributed by atoms with E-state index in [-0.39, 0.29) is 10.8 Å². The molecule has 0 aliphatic rings. The minimum absolute atomic E-state index is 0.0973. The minimum Gasteiger partial charge on any atom is -0.465 e. The van der Waals surface area contributed by atoms with Crippen LogP contribution in [0.15, 0.2) is 0 Å². The summed E-state index contributed by atoms with van der Waals surface area (Å²) in [6, 6.07) is 0. The Morgan fingerprint density at radius 1 is 1.13 bits per heavy atom. The van der Waals surface area contributed by atoms with Gasteiger partial charge in [-0.2, -0.15) is 0 Å². The van der Waals surface area contributed by atoms with E-state index in [4.69, 9.17) is 4.74 Å². The third kappa shape index (κ3) is 8.91. The molecule has 0 saturated heterocycles. The summed E-state index contributed by atoms with van der Waals surface area (Å²) < 4.78 is 5.16. The van der Waals surface area contributed by atoms with Gasteiger partial charge in [0.05, 0.1) is 6.61 Å². The maximum Gasteiger partial charge on any atom is 0.319 e. The summed E-state index contributed by atoms with van der Waals surface area (Å²) in [5.74, 6) is -0.0973. The van der Waals surface area contributed by atoms with Crippen molar-refractivity contribution >= 4 is 21.9 Å². The number of hydrogen-bond donors (Lipinski definition) is 0. The van der Waals surface area contributed by atoms with Crippen LogP contribution in [-0.2, 0) is 9.53 Å². The van der Waals surface area contributed by atoms with Crippen LogP contribution in [0.1, 0.15) is 58.8 Å². The number of unbranched alkanes of at least 4 members (excludes halogenated alkanes) is 4. The number of carbonyl (C=O) groups is 1. The van der Waals surface area contributed by atoms with Crippen molar-refractivity contribution in [3.63, 3.8) is 0 Å². The highest BCUT2D eigenvalue weighted by Gasteiger charge is 2.14.